The third-order valence-corrected chi connectivity index (χ3v) is 5.65. The summed E-state index contributed by atoms with van der Waals surface area (Å²) >= 11 is 2.94. The third-order valence-electron chi connectivity index (χ3n) is 3.77. The van der Waals surface area contributed by atoms with Crippen LogP contribution in [0.25, 0.3) is 21.3 Å². The number of hydrogen-bond acceptors (Lipinski definition) is 5. The summed E-state index contributed by atoms with van der Waals surface area (Å²) in [5.41, 5.74) is 1.89. The number of carbonyl (C=O) groups is 1. The maximum absolute atomic E-state index is 13.2. The van der Waals surface area contributed by atoms with E-state index in [0.717, 1.165) is 39.2 Å². The molecule has 2 aromatic heterocycles. The molecule has 1 amide bonds. The molecule has 1 saturated carbocycles. The third kappa shape index (κ3) is 3.27. The van der Waals surface area contributed by atoms with Crippen molar-refractivity contribution in [2.75, 3.05) is 5.75 Å². The van der Waals surface area contributed by atoms with Crippen molar-refractivity contribution < 1.29 is 9.18 Å². The Bertz CT molecular complexity index is 890. The number of thiophene rings is 1. The predicted octanol–water partition coefficient (Wildman–Crippen LogP) is 3.87. The normalized spacial score (nSPS) is 14.0. The summed E-state index contributed by atoms with van der Waals surface area (Å²) in [6.45, 7) is 0. The lowest BCUT2D eigenvalue weighted by Crippen LogP contribution is -2.27. The lowest BCUT2D eigenvalue weighted by molar-refractivity contribution is -0.118. The second-order valence-corrected chi connectivity index (χ2v) is 7.47. The van der Waals surface area contributed by atoms with Gasteiger partial charge in [0, 0.05) is 17.0 Å². The zero-order valence-electron chi connectivity index (χ0n) is 12.7. The van der Waals surface area contributed by atoms with Crippen LogP contribution in [0.4, 0.5) is 4.39 Å². The summed E-state index contributed by atoms with van der Waals surface area (Å²) < 4.78 is 13.2. The van der Waals surface area contributed by atoms with Crippen molar-refractivity contribution in [1.82, 2.24) is 15.3 Å². The van der Waals surface area contributed by atoms with Crippen LogP contribution in [-0.2, 0) is 4.79 Å². The quantitative estimate of drug-likeness (QED) is 0.555. The molecule has 1 fully saturated rings. The molecule has 0 spiro atoms. The van der Waals surface area contributed by atoms with E-state index < -0.39 is 0 Å². The number of nitrogens with zero attached hydrogens (tertiary/aromatic N) is 2. The summed E-state index contributed by atoms with van der Waals surface area (Å²) in [5.74, 6) is 0.107. The van der Waals surface area contributed by atoms with Gasteiger partial charge in [0.15, 0.2) is 0 Å². The van der Waals surface area contributed by atoms with Crippen LogP contribution in [0.5, 0.6) is 0 Å². The van der Waals surface area contributed by atoms with Gasteiger partial charge in [-0.15, -0.1) is 11.3 Å². The van der Waals surface area contributed by atoms with E-state index >= 15 is 0 Å². The van der Waals surface area contributed by atoms with Crippen molar-refractivity contribution in [2.24, 2.45) is 0 Å². The summed E-state index contributed by atoms with van der Waals surface area (Å²) in [7, 11) is 0. The Morgan fingerprint density at radius 1 is 1.29 bits per heavy atom. The van der Waals surface area contributed by atoms with Gasteiger partial charge in [0.2, 0.25) is 5.91 Å². The van der Waals surface area contributed by atoms with E-state index in [9.17, 15) is 9.18 Å². The van der Waals surface area contributed by atoms with Crippen LogP contribution in [0.2, 0.25) is 0 Å². The molecule has 1 N–H and O–H groups in total. The molecule has 1 aliphatic carbocycles. The van der Waals surface area contributed by atoms with Crippen molar-refractivity contribution in [1.29, 1.82) is 0 Å². The van der Waals surface area contributed by atoms with Crippen LogP contribution in [0.15, 0.2) is 41.0 Å². The first-order chi connectivity index (χ1) is 11.7. The molecule has 0 aliphatic heterocycles. The van der Waals surface area contributed by atoms with Crippen molar-refractivity contribution in [2.45, 2.75) is 23.9 Å². The van der Waals surface area contributed by atoms with E-state index in [-0.39, 0.29) is 11.7 Å². The minimum atomic E-state index is -0.263. The molecule has 0 bridgehead atoms. The van der Waals surface area contributed by atoms with E-state index in [1.54, 1.807) is 12.1 Å². The average Bonchev–Trinajstić information content (AvgIpc) is 3.29. The van der Waals surface area contributed by atoms with E-state index in [2.05, 4.69) is 15.3 Å². The molecule has 4 nitrogen and oxygen atoms in total. The highest BCUT2D eigenvalue weighted by Gasteiger charge is 2.23. The number of aromatic nitrogens is 2. The van der Waals surface area contributed by atoms with Crippen LogP contribution in [0.3, 0.4) is 0 Å². The molecule has 24 heavy (non-hydrogen) atoms. The molecular formula is C17H14FN3OS2. The predicted molar refractivity (Wildman–Crippen MR) is 94.7 cm³/mol. The zero-order valence-corrected chi connectivity index (χ0v) is 14.3. The molecule has 0 unspecified atom stereocenters. The average molecular weight is 359 g/mol. The van der Waals surface area contributed by atoms with Crippen LogP contribution in [0, 0.1) is 5.82 Å². The molecule has 7 heteroatoms. The van der Waals surface area contributed by atoms with E-state index in [1.165, 1.54) is 41.6 Å². The molecule has 2 heterocycles. The van der Waals surface area contributed by atoms with Gasteiger partial charge in [-0.25, -0.2) is 14.4 Å². The SMILES string of the molecule is O=C(CSc1ncnc2scc(-c3ccc(F)cc3)c12)NC1CC1. The highest BCUT2D eigenvalue weighted by molar-refractivity contribution is 8.00. The minimum absolute atomic E-state index is 0.0350. The standard InChI is InChI=1S/C17H14FN3OS2/c18-11-3-1-10(2-4-11)13-7-23-16-15(13)17(20-9-19-16)24-8-14(22)21-12-5-6-12/h1-4,7,9,12H,5-6,8H2,(H,21,22). The molecule has 122 valence electrons. The van der Waals surface area contributed by atoms with Gasteiger partial charge in [0.25, 0.3) is 0 Å². The molecule has 0 saturated heterocycles. The van der Waals surface area contributed by atoms with E-state index in [0.29, 0.717) is 11.8 Å². The molecule has 0 atom stereocenters. The van der Waals surface area contributed by atoms with Crippen molar-refractivity contribution in [3.8, 4) is 11.1 Å². The largest absolute Gasteiger partial charge is 0.353 e. The number of benzene rings is 1. The first kappa shape index (κ1) is 15.5. The minimum Gasteiger partial charge on any atom is -0.353 e. The highest BCUT2D eigenvalue weighted by Crippen LogP contribution is 2.37. The molecular weight excluding hydrogens is 345 g/mol. The summed E-state index contributed by atoms with van der Waals surface area (Å²) in [6.07, 6.45) is 3.68. The highest BCUT2D eigenvalue weighted by atomic mass is 32.2. The topological polar surface area (TPSA) is 54.9 Å². The maximum atomic E-state index is 13.2. The number of fused-ring (bicyclic) bond motifs is 1. The Labute approximate surface area is 146 Å². The van der Waals surface area contributed by atoms with Gasteiger partial charge in [0.1, 0.15) is 22.0 Å². The van der Waals surface area contributed by atoms with E-state index in [4.69, 9.17) is 0 Å². The Morgan fingerprint density at radius 2 is 2.08 bits per heavy atom. The first-order valence-electron chi connectivity index (χ1n) is 7.61. The number of hydrogen-bond donors (Lipinski definition) is 1. The molecule has 1 aliphatic rings. The lowest BCUT2D eigenvalue weighted by Gasteiger charge is -2.06. The lowest BCUT2D eigenvalue weighted by atomic mass is 10.1. The van der Waals surface area contributed by atoms with Gasteiger partial charge in [-0.3, -0.25) is 4.79 Å². The number of rotatable bonds is 5. The second-order valence-electron chi connectivity index (χ2n) is 5.65. The molecule has 1 aromatic carbocycles. The Morgan fingerprint density at radius 3 is 2.83 bits per heavy atom. The van der Waals surface area contributed by atoms with Crippen LogP contribution < -0.4 is 5.32 Å². The van der Waals surface area contributed by atoms with E-state index in [1.807, 2.05) is 5.38 Å². The van der Waals surface area contributed by atoms with Crippen molar-refractivity contribution >= 4 is 39.2 Å². The summed E-state index contributed by atoms with van der Waals surface area (Å²) in [5, 5.41) is 6.69. The molecule has 0 radical (unpaired) electrons. The fraction of sp³-hybridized carbons (Fsp3) is 0.235. The van der Waals surface area contributed by atoms with Crippen molar-refractivity contribution in [3.63, 3.8) is 0 Å². The number of nitrogens with one attached hydrogen (secondary N) is 1. The number of thioether (sulfide) groups is 1. The smallest absolute Gasteiger partial charge is 0.230 e. The van der Waals surface area contributed by atoms with Crippen molar-refractivity contribution in [3.05, 3.63) is 41.8 Å². The van der Waals surface area contributed by atoms with Gasteiger partial charge in [0.05, 0.1) is 11.1 Å². The monoisotopic (exact) mass is 359 g/mol. The van der Waals surface area contributed by atoms with Gasteiger partial charge < -0.3 is 5.32 Å². The van der Waals surface area contributed by atoms with Gasteiger partial charge in [-0.2, -0.15) is 0 Å². The van der Waals surface area contributed by atoms with Crippen LogP contribution in [-0.4, -0.2) is 27.7 Å². The van der Waals surface area contributed by atoms with Crippen LogP contribution >= 0.6 is 23.1 Å². The number of carbonyl (C=O) groups excluding carboxylic acids is 1. The van der Waals surface area contributed by atoms with Gasteiger partial charge in [-0.05, 0) is 30.5 Å². The summed E-state index contributed by atoms with van der Waals surface area (Å²) in [4.78, 5) is 21.5. The molecule has 3 aromatic rings. The zero-order chi connectivity index (χ0) is 16.5. The number of halogens is 1. The Balaban J connectivity index is 1.63. The van der Waals surface area contributed by atoms with Gasteiger partial charge >= 0.3 is 0 Å². The first-order valence-corrected chi connectivity index (χ1v) is 9.47. The molecule has 4 rings (SSSR count). The Kier molecular flexibility index (Phi) is 4.20. The Hall–Kier alpha value is -1.99. The fourth-order valence-corrected chi connectivity index (χ4v) is 4.23. The number of amides is 1. The van der Waals surface area contributed by atoms with Crippen LogP contribution in [0.1, 0.15) is 12.8 Å². The second kappa shape index (κ2) is 6.49. The van der Waals surface area contributed by atoms with Gasteiger partial charge in [-0.1, -0.05) is 23.9 Å². The maximum Gasteiger partial charge on any atom is 0.230 e. The summed E-state index contributed by atoms with van der Waals surface area (Å²) in [6, 6.07) is 6.74. The fourth-order valence-electron chi connectivity index (χ4n) is 2.43.